The van der Waals surface area contributed by atoms with Crippen molar-refractivity contribution in [3.05, 3.63) is 45.0 Å². The van der Waals surface area contributed by atoms with Crippen LogP contribution in [0.15, 0.2) is 18.3 Å². The van der Waals surface area contributed by atoms with Gasteiger partial charge in [0.1, 0.15) is 11.3 Å². The number of aryl methyl sites for hydroxylation is 3. The lowest BCUT2D eigenvalue weighted by Crippen LogP contribution is -2.05. The molecule has 0 amide bonds. The summed E-state index contributed by atoms with van der Waals surface area (Å²) in [7, 11) is 0. The molecule has 3 nitrogen and oxygen atoms in total. The highest BCUT2D eigenvalue weighted by Crippen LogP contribution is 2.28. The molecule has 0 aliphatic rings. The number of hydrogen-bond donors (Lipinski definition) is 0. The number of rotatable bonds is 3. The first-order valence-electron chi connectivity index (χ1n) is 6.99. The van der Waals surface area contributed by atoms with Gasteiger partial charge >= 0.3 is 0 Å². The van der Waals surface area contributed by atoms with E-state index in [4.69, 9.17) is 16.6 Å². The van der Waals surface area contributed by atoms with Crippen LogP contribution in [0.2, 0.25) is 0 Å². The topological polar surface area (TPSA) is 30.7 Å². The normalized spacial score (nSPS) is 13.0. The van der Waals surface area contributed by atoms with Crippen molar-refractivity contribution in [2.45, 2.75) is 39.6 Å². The third-order valence-corrected chi connectivity index (χ3v) is 5.08. The van der Waals surface area contributed by atoms with Gasteiger partial charge in [0.25, 0.3) is 0 Å². The molecule has 3 aromatic rings. The van der Waals surface area contributed by atoms with Crippen molar-refractivity contribution < 1.29 is 0 Å². The quantitative estimate of drug-likeness (QED) is 0.651. The van der Waals surface area contributed by atoms with E-state index >= 15 is 0 Å². The van der Waals surface area contributed by atoms with E-state index in [9.17, 15) is 0 Å². The van der Waals surface area contributed by atoms with E-state index in [0.717, 1.165) is 29.1 Å². The lowest BCUT2D eigenvalue weighted by Gasteiger charge is -2.08. The van der Waals surface area contributed by atoms with Crippen LogP contribution in [-0.2, 0) is 6.54 Å². The maximum atomic E-state index is 6.33. The fraction of sp³-hybridized carbons (Fsp3) is 0.375. The summed E-state index contributed by atoms with van der Waals surface area (Å²) in [5.74, 6) is 0.886. The SMILES string of the molecule is Cc1cc(Cn2c(C(C)Cl)nc3c(C)ccnc32)sc1C. The zero-order chi connectivity index (χ0) is 15.1. The van der Waals surface area contributed by atoms with Crippen LogP contribution in [0.1, 0.15) is 39.0 Å². The van der Waals surface area contributed by atoms with Gasteiger partial charge in [0.2, 0.25) is 0 Å². The molecule has 0 fully saturated rings. The Morgan fingerprint density at radius 2 is 2.05 bits per heavy atom. The van der Waals surface area contributed by atoms with Crippen LogP contribution < -0.4 is 0 Å². The van der Waals surface area contributed by atoms with Crippen molar-refractivity contribution in [2.24, 2.45) is 0 Å². The molecule has 0 radical (unpaired) electrons. The number of alkyl halides is 1. The number of nitrogens with zero attached hydrogens (tertiary/aromatic N) is 3. The van der Waals surface area contributed by atoms with Crippen LogP contribution >= 0.6 is 22.9 Å². The van der Waals surface area contributed by atoms with Gasteiger partial charge in [-0.25, -0.2) is 9.97 Å². The summed E-state index contributed by atoms with van der Waals surface area (Å²) in [5.41, 5.74) is 4.34. The Bertz CT molecular complexity index is 782. The first-order valence-corrected chi connectivity index (χ1v) is 8.24. The monoisotopic (exact) mass is 319 g/mol. The van der Waals surface area contributed by atoms with E-state index in [0.29, 0.717) is 0 Å². The van der Waals surface area contributed by atoms with E-state index in [1.165, 1.54) is 15.3 Å². The zero-order valence-electron chi connectivity index (χ0n) is 12.6. The molecular weight excluding hydrogens is 302 g/mol. The third kappa shape index (κ3) is 2.58. The van der Waals surface area contributed by atoms with Gasteiger partial charge < -0.3 is 4.57 Å². The summed E-state index contributed by atoms with van der Waals surface area (Å²) >= 11 is 8.15. The summed E-state index contributed by atoms with van der Waals surface area (Å²) in [6.45, 7) is 9.10. The summed E-state index contributed by atoms with van der Waals surface area (Å²) in [6.07, 6.45) is 1.84. The molecule has 1 unspecified atom stereocenters. The average Bonchev–Trinajstić information content (AvgIpc) is 2.93. The average molecular weight is 320 g/mol. The molecule has 0 aliphatic heterocycles. The Balaban J connectivity index is 2.15. The van der Waals surface area contributed by atoms with Crippen molar-refractivity contribution in [3.63, 3.8) is 0 Å². The molecule has 0 N–H and O–H groups in total. The molecule has 0 aliphatic carbocycles. The maximum absolute atomic E-state index is 6.33. The van der Waals surface area contributed by atoms with Gasteiger partial charge in [0.05, 0.1) is 11.9 Å². The number of aromatic nitrogens is 3. The maximum Gasteiger partial charge on any atom is 0.160 e. The van der Waals surface area contributed by atoms with Crippen molar-refractivity contribution in [1.82, 2.24) is 14.5 Å². The molecule has 3 rings (SSSR count). The summed E-state index contributed by atoms with van der Waals surface area (Å²) in [5, 5.41) is -0.138. The van der Waals surface area contributed by atoms with Crippen molar-refractivity contribution in [2.75, 3.05) is 0 Å². The van der Waals surface area contributed by atoms with Crippen LogP contribution in [0.5, 0.6) is 0 Å². The van der Waals surface area contributed by atoms with Crippen LogP contribution in [0, 0.1) is 20.8 Å². The Kier molecular flexibility index (Phi) is 3.76. The van der Waals surface area contributed by atoms with Crippen LogP contribution in [0.25, 0.3) is 11.2 Å². The van der Waals surface area contributed by atoms with Gasteiger partial charge in [-0.1, -0.05) is 0 Å². The Labute approximate surface area is 133 Å². The van der Waals surface area contributed by atoms with E-state index in [2.05, 4.69) is 36.4 Å². The predicted octanol–water partition coefficient (Wildman–Crippen LogP) is 4.77. The fourth-order valence-electron chi connectivity index (χ4n) is 2.50. The molecule has 21 heavy (non-hydrogen) atoms. The van der Waals surface area contributed by atoms with Crippen LogP contribution in [0.3, 0.4) is 0 Å². The number of hydrogen-bond acceptors (Lipinski definition) is 3. The van der Waals surface area contributed by atoms with Crippen molar-refractivity contribution in [1.29, 1.82) is 0 Å². The molecule has 0 saturated heterocycles. The standard InChI is InChI=1S/C16H18ClN3S/c1-9-5-6-18-16-14(9)19-15(11(3)17)20(16)8-13-7-10(2)12(4)21-13/h5-7,11H,8H2,1-4H3. The first-order chi connectivity index (χ1) is 9.97. The van der Waals surface area contributed by atoms with E-state index in [-0.39, 0.29) is 5.38 Å². The Hall–Kier alpha value is -1.39. The van der Waals surface area contributed by atoms with E-state index in [1.54, 1.807) is 0 Å². The molecule has 3 aromatic heterocycles. The molecule has 0 aromatic carbocycles. The predicted molar refractivity (Wildman–Crippen MR) is 89.4 cm³/mol. The highest BCUT2D eigenvalue weighted by atomic mass is 35.5. The van der Waals surface area contributed by atoms with Gasteiger partial charge in [-0.3, -0.25) is 0 Å². The molecule has 3 heterocycles. The third-order valence-electron chi connectivity index (χ3n) is 3.75. The van der Waals surface area contributed by atoms with E-state index < -0.39 is 0 Å². The number of thiophene rings is 1. The van der Waals surface area contributed by atoms with Gasteiger partial charge in [0, 0.05) is 16.0 Å². The Morgan fingerprint density at radius 1 is 1.29 bits per heavy atom. The summed E-state index contributed by atoms with van der Waals surface area (Å²) < 4.78 is 2.14. The molecular formula is C16H18ClN3S. The zero-order valence-corrected chi connectivity index (χ0v) is 14.2. The van der Waals surface area contributed by atoms with Crippen molar-refractivity contribution in [3.8, 4) is 0 Å². The van der Waals surface area contributed by atoms with E-state index in [1.807, 2.05) is 30.5 Å². The van der Waals surface area contributed by atoms with Crippen LogP contribution in [-0.4, -0.2) is 14.5 Å². The lowest BCUT2D eigenvalue weighted by atomic mass is 10.2. The van der Waals surface area contributed by atoms with Gasteiger partial charge in [-0.05, 0) is 51.0 Å². The second-order valence-electron chi connectivity index (χ2n) is 5.42. The summed E-state index contributed by atoms with van der Waals surface area (Å²) in [4.78, 5) is 11.9. The van der Waals surface area contributed by atoms with Gasteiger partial charge in [-0.15, -0.1) is 22.9 Å². The number of fused-ring (bicyclic) bond motifs is 1. The highest BCUT2D eigenvalue weighted by molar-refractivity contribution is 7.12. The molecule has 5 heteroatoms. The number of imidazole rings is 1. The molecule has 0 spiro atoms. The second-order valence-corrected chi connectivity index (χ2v) is 7.42. The van der Waals surface area contributed by atoms with Crippen LogP contribution in [0.4, 0.5) is 0 Å². The minimum atomic E-state index is -0.138. The smallest absolute Gasteiger partial charge is 0.160 e. The largest absolute Gasteiger partial charge is 0.306 e. The van der Waals surface area contributed by atoms with Crippen molar-refractivity contribution >= 4 is 34.1 Å². The van der Waals surface area contributed by atoms with Gasteiger partial charge in [0.15, 0.2) is 5.65 Å². The number of pyridine rings is 1. The summed E-state index contributed by atoms with van der Waals surface area (Å²) in [6, 6.07) is 4.23. The minimum Gasteiger partial charge on any atom is -0.306 e. The fourth-order valence-corrected chi connectivity index (χ4v) is 3.71. The minimum absolute atomic E-state index is 0.138. The van der Waals surface area contributed by atoms with Gasteiger partial charge in [-0.2, -0.15) is 0 Å². The molecule has 110 valence electrons. The first kappa shape index (κ1) is 14.5. The molecule has 1 atom stereocenters. The molecule has 0 bridgehead atoms. The lowest BCUT2D eigenvalue weighted by molar-refractivity contribution is 0.744. The Morgan fingerprint density at radius 3 is 2.67 bits per heavy atom. The highest BCUT2D eigenvalue weighted by Gasteiger charge is 2.18. The second kappa shape index (κ2) is 5.43. The molecule has 0 saturated carbocycles. The number of halogens is 1.